The largest absolute Gasteiger partial charge is 0.378 e. The minimum absolute atomic E-state index is 0.0248. The molecule has 1 atom stereocenters. The maximum Gasteiger partial charge on any atom is 0.266 e. The van der Waals surface area contributed by atoms with Gasteiger partial charge in [-0.3, -0.25) is 14.4 Å². The number of H-pyrrole nitrogens is 1. The summed E-state index contributed by atoms with van der Waals surface area (Å²) in [5, 5.41) is 5.52. The predicted octanol–water partition coefficient (Wildman–Crippen LogP) is 0.892. The van der Waals surface area contributed by atoms with Crippen molar-refractivity contribution >= 4 is 50.2 Å². The standard InChI is InChI=1S/C28H34ClN7O6S/c1-32-26(37)5-4-25(31-32)33-8-6-19(7-9-33)16-36-24(28(39)34-10-12-42-13-11-34)17-35(18-27(36)38)43(40,41)20-2-3-21-22(29)15-30-23(21)14-20/h2-5,14-15,19,24,30H,6-13,16-18H2,1H3. The highest BCUT2D eigenvalue weighted by Crippen LogP contribution is 2.29. The fourth-order valence-electron chi connectivity index (χ4n) is 6.05. The van der Waals surface area contributed by atoms with E-state index in [1.165, 1.54) is 22.9 Å². The molecule has 15 heteroatoms. The van der Waals surface area contributed by atoms with Crippen molar-refractivity contribution in [3.05, 3.63) is 51.9 Å². The Kier molecular flexibility index (Phi) is 8.20. The lowest BCUT2D eigenvalue weighted by atomic mass is 9.95. The fraction of sp³-hybridized carbons (Fsp3) is 0.500. The molecule has 1 unspecified atom stereocenters. The molecule has 230 valence electrons. The molecule has 3 aromatic rings. The second-order valence-corrected chi connectivity index (χ2v) is 13.6. The number of aryl methyl sites for hydroxylation is 1. The average Bonchev–Trinajstić information content (AvgIpc) is 3.39. The highest BCUT2D eigenvalue weighted by molar-refractivity contribution is 7.89. The average molecular weight is 632 g/mol. The van der Waals surface area contributed by atoms with Gasteiger partial charge >= 0.3 is 0 Å². The summed E-state index contributed by atoms with van der Waals surface area (Å²) >= 11 is 6.17. The number of nitrogens with zero attached hydrogens (tertiary/aromatic N) is 6. The van der Waals surface area contributed by atoms with Crippen LogP contribution in [0.3, 0.4) is 0 Å². The van der Waals surface area contributed by atoms with E-state index in [1.807, 2.05) is 0 Å². The smallest absolute Gasteiger partial charge is 0.266 e. The number of aromatic amines is 1. The number of halogens is 1. The maximum atomic E-state index is 13.8. The van der Waals surface area contributed by atoms with Crippen molar-refractivity contribution in [1.82, 2.24) is 28.9 Å². The van der Waals surface area contributed by atoms with E-state index in [2.05, 4.69) is 15.0 Å². The molecule has 3 fully saturated rings. The van der Waals surface area contributed by atoms with Gasteiger partial charge in [0, 0.05) is 69.5 Å². The van der Waals surface area contributed by atoms with E-state index in [0.29, 0.717) is 61.9 Å². The number of nitrogens with one attached hydrogen (secondary N) is 1. The van der Waals surface area contributed by atoms with Crippen LogP contribution in [0.25, 0.3) is 10.9 Å². The van der Waals surface area contributed by atoms with Crippen LogP contribution in [0.15, 0.2) is 46.2 Å². The Morgan fingerprint density at radius 1 is 1.09 bits per heavy atom. The van der Waals surface area contributed by atoms with E-state index in [-0.39, 0.29) is 35.4 Å². The molecule has 2 aromatic heterocycles. The van der Waals surface area contributed by atoms with Gasteiger partial charge < -0.3 is 24.4 Å². The van der Waals surface area contributed by atoms with Crippen LogP contribution in [0.2, 0.25) is 5.02 Å². The number of fused-ring (bicyclic) bond motifs is 1. The first-order valence-corrected chi connectivity index (χ1v) is 16.2. The van der Waals surface area contributed by atoms with E-state index in [1.54, 1.807) is 35.2 Å². The SMILES string of the molecule is Cn1nc(N2CCC(CN3C(=O)CN(S(=O)(=O)c4ccc5c(Cl)c[nH]c5c4)CC3C(=O)N3CCOCC3)CC2)ccc1=O. The monoisotopic (exact) mass is 631 g/mol. The number of morpholine rings is 1. The number of carbonyl (C=O) groups excluding carboxylic acids is 2. The summed E-state index contributed by atoms with van der Waals surface area (Å²) in [7, 11) is -2.47. The van der Waals surface area contributed by atoms with Crippen molar-refractivity contribution in [3.8, 4) is 0 Å². The van der Waals surface area contributed by atoms with Gasteiger partial charge in [0.05, 0.1) is 29.7 Å². The number of anilines is 1. The zero-order chi connectivity index (χ0) is 30.3. The number of amides is 2. The van der Waals surface area contributed by atoms with Gasteiger partial charge in [-0.05, 0) is 43.0 Å². The Bertz CT molecular complexity index is 1690. The molecular weight excluding hydrogens is 598 g/mol. The van der Waals surface area contributed by atoms with Crippen LogP contribution in [-0.4, -0.2) is 114 Å². The molecule has 6 rings (SSSR count). The summed E-state index contributed by atoms with van der Waals surface area (Å²) in [5.41, 5.74) is 0.389. The highest BCUT2D eigenvalue weighted by atomic mass is 35.5. The predicted molar refractivity (Wildman–Crippen MR) is 159 cm³/mol. The lowest BCUT2D eigenvalue weighted by Crippen LogP contribution is -2.64. The minimum atomic E-state index is -4.09. The zero-order valence-corrected chi connectivity index (χ0v) is 25.4. The van der Waals surface area contributed by atoms with Crippen molar-refractivity contribution in [1.29, 1.82) is 0 Å². The quantitative estimate of drug-likeness (QED) is 0.423. The number of carbonyl (C=O) groups is 2. The molecule has 3 saturated heterocycles. The van der Waals surface area contributed by atoms with Gasteiger partial charge in [-0.25, -0.2) is 13.1 Å². The van der Waals surface area contributed by atoms with Crippen LogP contribution in [0.4, 0.5) is 5.82 Å². The number of piperidine rings is 1. The van der Waals surface area contributed by atoms with Gasteiger partial charge in [0.25, 0.3) is 5.56 Å². The third-order valence-corrected chi connectivity index (χ3v) is 10.7. The Morgan fingerprint density at radius 3 is 2.56 bits per heavy atom. The summed E-state index contributed by atoms with van der Waals surface area (Å²) in [5.74, 6) is 0.175. The lowest BCUT2D eigenvalue weighted by Gasteiger charge is -2.44. The van der Waals surface area contributed by atoms with Crippen LogP contribution < -0.4 is 10.5 Å². The first kappa shape index (κ1) is 29.6. The van der Waals surface area contributed by atoms with E-state index >= 15 is 0 Å². The van der Waals surface area contributed by atoms with E-state index in [4.69, 9.17) is 16.3 Å². The normalized spacial score (nSPS) is 21.1. The van der Waals surface area contributed by atoms with Gasteiger partial charge in [0.15, 0.2) is 0 Å². The van der Waals surface area contributed by atoms with Crippen molar-refractivity contribution in [2.24, 2.45) is 13.0 Å². The van der Waals surface area contributed by atoms with Crippen LogP contribution in [0, 0.1) is 5.92 Å². The molecule has 0 bridgehead atoms. The van der Waals surface area contributed by atoms with Crippen molar-refractivity contribution in [3.63, 3.8) is 0 Å². The Balaban J connectivity index is 1.21. The topological polar surface area (TPSA) is 141 Å². The molecule has 2 amide bonds. The summed E-state index contributed by atoms with van der Waals surface area (Å²) in [4.78, 5) is 47.6. The van der Waals surface area contributed by atoms with Gasteiger partial charge in [-0.2, -0.15) is 9.40 Å². The summed E-state index contributed by atoms with van der Waals surface area (Å²) < 4.78 is 35.4. The highest BCUT2D eigenvalue weighted by Gasteiger charge is 2.44. The third kappa shape index (κ3) is 5.88. The second kappa shape index (κ2) is 11.9. The number of piperazine rings is 1. The molecule has 13 nitrogen and oxygen atoms in total. The Hall–Kier alpha value is -3.46. The van der Waals surface area contributed by atoms with Crippen molar-refractivity contribution in [2.75, 3.05) is 63.9 Å². The molecule has 3 aliphatic rings. The van der Waals surface area contributed by atoms with Crippen LogP contribution >= 0.6 is 11.6 Å². The third-order valence-electron chi connectivity index (χ3n) is 8.57. The molecule has 1 aromatic carbocycles. The van der Waals surface area contributed by atoms with Gasteiger partial charge in [0.1, 0.15) is 11.9 Å². The molecule has 0 spiro atoms. The number of hydrogen-bond donors (Lipinski definition) is 1. The minimum Gasteiger partial charge on any atom is -0.378 e. The van der Waals surface area contributed by atoms with Gasteiger partial charge in [0.2, 0.25) is 21.8 Å². The van der Waals surface area contributed by atoms with E-state index in [9.17, 15) is 22.8 Å². The molecule has 1 N–H and O–H groups in total. The van der Waals surface area contributed by atoms with E-state index < -0.39 is 22.0 Å². The Labute approximate surface area is 254 Å². The lowest BCUT2D eigenvalue weighted by molar-refractivity contribution is -0.152. The number of ether oxygens (including phenoxy) is 1. The summed E-state index contributed by atoms with van der Waals surface area (Å²) in [6.45, 7) is 2.81. The van der Waals surface area contributed by atoms with Crippen LogP contribution in [0.5, 0.6) is 0 Å². The van der Waals surface area contributed by atoms with E-state index in [0.717, 1.165) is 23.0 Å². The molecule has 3 aliphatic heterocycles. The fourth-order valence-corrected chi connectivity index (χ4v) is 7.69. The first-order chi connectivity index (χ1) is 20.6. The van der Waals surface area contributed by atoms with Gasteiger partial charge in [-0.15, -0.1) is 0 Å². The number of rotatable bonds is 6. The molecular formula is C28H34ClN7O6S. The van der Waals surface area contributed by atoms with Crippen molar-refractivity contribution in [2.45, 2.75) is 23.8 Å². The van der Waals surface area contributed by atoms with Crippen molar-refractivity contribution < 1.29 is 22.7 Å². The number of aromatic nitrogens is 3. The molecule has 0 aliphatic carbocycles. The number of benzene rings is 1. The second-order valence-electron chi connectivity index (χ2n) is 11.2. The zero-order valence-electron chi connectivity index (χ0n) is 23.8. The summed E-state index contributed by atoms with van der Waals surface area (Å²) in [6.07, 6.45) is 3.10. The Morgan fingerprint density at radius 2 is 1.84 bits per heavy atom. The van der Waals surface area contributed by atoms with Gasteiger partial charge in [-0.1, -0.05) is 11.6 Å². The number of sulfonamides is 1. The first-order valence-electron chi connectivity index (χ1n) is 14.3. The van der Waals surface area contributed by atoms with Crippen LogP contribution in [0.1, 0.15) is 12.8 Å². The molecule has 43 heavy (non-hydrogen) atoms. The number of hydrogen-bond acceptors (Lipinski definition) is 8. The molecule has 0 saturated carbocycles. The van der Waals surface area contributed by atoms with Crippen LogP contribution in [-0.2, 0) is 31.4 Å². The molecule has 0 radical (unpaired) electrons. The molecule has 5 heterocycles. The summed E-state index contributed by atoms with van der Waals surface area (Å²) in [6, 6.07) is 6.87. The maximum absolute atomic E-state index is 13.8.